The van der Waals surface area contributed by atoms with E-state index in [1.54, 1.807) is 0 Å². The number of nitrogens with one attached hydrogen (secondary N) is 3. The molecular weight excluding hydrogens is 466 g/mol. The Balaban J connectivity index is 2.16. The Kier molecular flexibility index (Phi) is 7.60. The Morgan fingerprint density at radius 2 is 0.946 bits per heavy atom. The summed E-state index contributed by atoms with van der Waals surface area (Å²) < 4.78 is 0. The van der Waals surface area contributed by atoms with Crippen LogP contribution in [0.4, 0.5) is 0 Å². The van der Waals surface area contributed by atoms with Crippen molar-refractivity contribution in [1.29, 1.82) is 0 Å². The maximum atomic E-state index is 11.9. The second-order valence-electron chi connectivity index (χ2n) is 12.2. The first-order valence-corrected chi connectivity index (χ1v) is 13.1. The molecule has 3 rings (SSSR count). The van der Waals surface area contributed by atoms with Gasteiger partial charge in [-0.15, -0.1) is 0 Å². The first-order chi connectivity index (χ1) is 17.0. The zero-order valence-electron chi connectivity index (χ0n) is 24.0. The Morgan fingerprint density at radius 1 is 0.622 bits per heavy atom. The predicted octanol–water partition coefficient (Wildman–Crippen LogP) is 6.59. The summed E-state index contributed by atoms with van der Waals surface area (Å²) >= 11 is 0. The van der Waals surface area contributed by atoms with Crippen molar-refractivity contribution in [3.63, 3.8) is 0 Å². The third-order valence-electron chi connectivity index (χ3n) is 7.39. The lowest BCUT2D eigenvalue weighted by molar-refractivity contribution is 0.0679. The van der Waals surface area contributed by atoms with Crippen LogP contribution in [0.3, 0.4) is 0 Å². The van der Waals surface area contributed by atoms with Gasteiger partial charge in [-0.3, -0.25) is 0 Å². The number of hydrogen-bond acceptors (Lipinski definition) is 2. The predicted molar refractivity (Wildman–Crippen MR) is 148 cm³/mol. The van der Waals surface area contributed by atoms with Gasteiger partial charge in [-0.05, 0) is 70.9 Å². The zero-order valence-corrected chi connectivity index (χ0v) is 24.0. The summed E-state index contributed by atoms with van der Waals surface area (Å²) in [4.78, 5) is 33.9. The van der Waals surface area contributed by atoms with Crippen LogP contribution in [0.5, 0.6) is 0 Å². The number of hydrogen-bond donors (Lipinski definition) is 5. The van der Waals surface area contributed by atoms with E-state index in [-0.39, 0.29) is 22.2 Å². The maximum Gasteiger partial charge on any atom is 0.352 e. The standard InChI is InChI=1S/C30H43N3O4/c1-11-17-18(12-2)20(14-22-24(30(8,9)10)16(4)26(33-22)28(36)37)31-19(17)13-21-23(29(5,6)7)15(3)25(32-21)27(34)35/h31-33H,11-14H2,1-10H3,(H,34,35)(H,36,37). The number of carbonyl (C=O) groups is 2. The summed E-state index contributed by atoms with van der Waals surface area (Å²) in [5, 5.41) is 19.5. The molecule has 3 aromatic heterocycles. The number of rotatable bonds is 8. The monoisotopic (exact) mass is 509 g/mol. The summed E-state index contributed by atoms with van der Waals surface area (Å²) in [5.74, 6) is -1.89. The Labute approximate surface area is 220 Å². The molecule has 37 heavy (non-hydrogen) atoms. The van der Waals surface area contributed by atoms with E-state index in [4.69, 9.17) is 0 Å². The molecule has 7 heteroatoms. The van der Waals surface area contributed by atoms with Crippen LogP contribution in [0.2, 0.25) is 0 Å². The highest BCUT2D eigenvalue weighted by Crippen LogP contribution is 2.36. The van der Waals surface area contributed by atoms with Crippen molar-refractivity contribution in [2.45, 2.75) is 106 Å². The fraction of sp³-hybridized carbons (Fsp3) is 0.533. The molecule has 5 N–H and O–H groups in total. The molecule has 0 aliphatic carbocycles. The van der Waals surface area contributed by atoms with Crippen molar-refractivity contribution in [1.82, 2.24) is 15.0 Å². The van der Waals surface area contributed by atoms with E-state index in [0.29, 0.717) is 12.8 Å². The molecule has 0 saturated carbocycles. The van der Waals surface area contributed by atoms with Gasteiger partial charge in [0.05, 0.1) is 0 Å². The molecule has 3 aromatic rings. The molecule has 0 aliphatic heterocycles. The van der Waals surface area contributed by atoms with Gasteiger partial charge in [-0.1, -0.05) is 55.4 Å². The molecule has 0 spiro atoms. The second-order valence-corrected chi connectivity index (χ2v) is 12.2. The van der Waals surface area contributed by atoms with Crippen molar-refractivity contribution in [2.24, 2.45) is 0 Å². The van der Waals surface area contributed by atoms with Crippen molar-refractivity contribution < 1.29 is 19.8 Å². The van der Waals surface area contributed by atoms with Gasteiger partial charge in [0.25, 0.3) is 0 Å². The molecule has 202 valence electrons. The highest BCUT2D eigenvalue weighted by Gasteiger charge is 2.30. The minimum absolute atomic E-state index is 0.213. The van der Waals surface area contributed by atoms with Crippen LogP contribution in [0.15, 0.2) is 0 Å². The summed E-state index contributed by atoms with van der Waals surface area (Å²) in [5.41, 5.74) is 10.2. The third kappa shape index (κ3) is 5.27. The van der Waals surface area contributed by atoms with Gasteiger partial charge < -0.3 is 25.2 Å². The van der Waals surface area contributed by atoms with Gasteiger partial charge in [0.1, 0.15) is 11.4 Å². The van der Waals surface area contributed by atoms with Gasteiger partial charge in [0.2, 0.25) is 0 Å². The molecular formula is C30H43N3O4. The van der Waals surface area contributed by atoms with Crippen molar-refractivity contribution in [3.05, 3.63) is 67.5 Å². The first kappa shape index (κ1) is 28.4. The van der Waals surface area contributed by atoms with E-state index in [9.17, 15) is 19.8 Å². The van der Waals surface area contributed by atoms with E-state index >= 15 is 0 Å². The lowest BCUT2D eigenvalue weighted by Crippen LogP contribution is -2.15. The molecule has 7 nitrogen and oxygen atoms in total. The molecule has 0 aliphatic rings. The molecule has 0 radical (unpaired) electrons. The van der Waals surface area contributed by atoms with E-state index in [2.05, 4.69) is 70.3 Å². The summed E-state index contributed by atoms with van der Waals surface area (Å²) in [7, 11) is 0. The number of aromatic amines is 3. The van der Waals surface area contributed by atoms with E-state index in [0.717, 1.165) is 57.9 Å². The van der Waals surface area contributed by atoms with Crippen LogP contribution in [0.25, 0.3) is 0 Å². The second kappa shape index (κ2) is 9.92. The quantitative estimate of drug-likeness (QED) is 0.235. The molecule has 0 aromatic carbocycles. The topological polar surface area (TPSA) is 122 Å². The Hall–Kier alpha value is -3.22. The van der Waals surface area contributed by atoms with Gasteiger partial charge in [0, 0.05) is 35.6 Å². The SMILES string of the molecule is CCc1c(Cc2[nH]c(C(=O)O)c(C)c2C(C)(C)C)[nH]c(Cc2[nH]c(C(=O)O)c(C)c2C(C)(C)C)c1CC. The van der Waals surface area contributed by atoms with Crippen LogP contribution in [-0.4, -0.2) is 37.1 Å². The molecule has 0 bridgehead atoms. The summed E-state index contributed by atoms with van der Waals surface area (Å²) in [6.45, 7) is 20.7. The van der Waals surface area contributed by atoms with E-state index in [1.807, 2.05) is 13.8 Å². The highest BCUT2D eigenvalue weighted by atomic mass is 16.4. The zero-order chi connectivity index (χ0) is 28.0. The molecule has 0 fully saturated rings. The smallest absolute Gasteiger partial charge is 0.352 e. The lowest BCUT2D eigenvalue weighted by Gasteiger charge is -2.21. The van der Waals surface area contributed by atoms with Crippen LogP contribution >= 0.6 is 0 Å². The molecule has 0 unspecified atom stereocenters. The average Bonchev–Trinajstić information content (AvgIpc) is 3.38. The minimum Gasteiger partial charge on any atom is -0.477 e. The summed E-state index contributed by atoms with van der Waals surface area (Å²) in [6, 6.07) is 0. The van der Waals surface area contributed by atoms with Crippen LogP contribution in [0.1, 0.15) is 133 Å². The van der Waals surface area contributed by atoms with Crippen LogP contribution in [0, 0.1) is 13.8 Å². The Bertz CT molecular complexity index is 1240. The van der Waals surface area contributed by atoms with Crippen LogP contribution < -0.4 is 0 Å². The van der Waals surface area contributed by atoms with E-state index < -0.39 is 11.9 Å². The number of carboxylic acid groups (broad SMARTS) is 2. The highest BCUT2D eigenvalue weighted by molar-refractivity contribution is 5.89. The molecule has 3 heterocycles. The molecule has 0 amide bonds. The molecule has 0 saturated heterocycles. The Morgan fingerprint density at radius 3 is 1.19 bits per heavy atom. The fourth-order valence-electron chi connectivity index (χ4n) is 6.25. The third-order valence-corrected chi connectivity index (χ3v) is 7.39. The minimum atomic E-state index is -0.947. The number of carboxylic acids is 2. The molecule has 0 atom stereocenters. The fourth-order valence-corrected chi connectivity index (χ4v) is 6.25. The van der Waals surface area contributed by atoms with E-state index in [1.165, 1.54) is 11.1 Å². The number of H-pyrrole nitrogens is 3. The lowest BCUT2D eigenvalue weighted by atomic mass is 9.83. The maximum absolute atomic E-state index is 11.9. The van der Waals surface area contributed by atoms with Crippen molar-refractivity contribution in [3.8, 4) is 0 Å². The van der Waals surface area contributed by atoms with Crippen molar-refractivity contribution in [2.75, 3.05) is 0 Å². The number of aromatic carboxylic acids is 2. The van der Waals surface area contributed by atoms with Gasteiger partial charge in [0.15, 0.2) is 0 Å². The normalized spacial score (nSPS) is 12.4. The van der Waals surface area contributed by atoms with Gasteiger partial charge in [-0.25, -0.2) is 9.59 Å². The van der Waals surface area contributed by atoms with Crippen LogP contribution in [-0.2, 0) is 36.5 Å². The van der Waals surface area contributed by atoms with Gasteiger partial charge in [-0.2, -0.15) is 0 Å². The largest absolute Gasteiger partial charge is 0.477 e. The summed E-state index contributed by atoms with van der Waals surface area (Å²) in [6.07, 6.45) is 2.85. The first-order valence-electron chi connectivity index (χ1n) is 13.1. The average molecular weight is 510 g/mol. The number of aromatic nitrogens is 3. The van der Waals surface area contributed by atoms with Gasteiger partial charge >= 0.3 is 11.9 Å². The van der Waals surface area contributed by atoms with Crippen molar-refractivity contribution >= 4 is 11.9 Å².